The predicted molar refractivity (Wildman–Crippen MR) is 71.1 cm³/mol. The molecule has 0 aromatic heterocycles. The van der Waals surface area contributed by atoms with Crippen LogP contribution in [0.5, 0.6) is 0 Å². The molecule has 0 spiro atoms. The van der Waals surface area contributed by atoms with Crippen molar-refractivity contribution >= 4 is 23.7 Å². The zero-order valence-electron chi connectivity index (χ0n) is 10.6. The third-order valence-corrected chi connectivity index (χ3v) is 4.52. The Balaban J connectivity index is 2.21. The number of imide groups is 1. The number of thioether (sulfide) groups is 1. The number of hydrogen-bond acceptors (Lipinski definition) is 3. The summed E-state index contributed by atoms with van der Waals surface area (Å²) in [7, 11) is 1.50. The van der Waals surface area contributed by atoms with Crippen molar-refractivity contribution in [2.45, 2.75) is 44.3 Å². The van der Waals surface area contributed by atoms with Crippen molar-refractivity contribution in [2.24, 2.45) is 5.92 Å². The number of urea groups is 1. The summed E-state index contributed by atoms with van der Waals surface area (Å²) in [4.78, 5) is 22.6. The van der Waals surface area contributed by atoms with Crippen LogP contribution < -0.4 is 10.6 Å². The maximum Gasteiger partial charge on any atom is 0.321 e. The van der Waals surface area contributed by atoms with Gasteiger partial charge in [0, 0.05) is 7.05 Å². The monoisotopic (exact) mass is 258 g/mol. The van der Waals surface area contributed by atoms with E-state index in [0.717, 1.165) is 11.7 Å². The molecule has 0 aromatic carbocycles. The van der Waals surface area contributed by atoms with E-state index < -0.39 is 6.03 Å². The van der Waals surface area contributed by atoms with E-state index in [1.165, 1.54) is 39.2 Å². The summed E-state index contributed by atoms with van der Waals surface area (Å²) < 4.78 is 0. The Morgan fingerprint density at radius 3 is 2.53 bits per heavy atom. The summed E-state index contributed by atoms with van der Waals surface area (Å²) in [6, 6.07) is -0.430. The molecule has 0 bridgehead atoms. The molecule has 0 saturated heterocycles. The van der Waals surface area contributed by atoms with Gasteiger partial charge in [-0.1, -0.05) is 19.3 Å². The smallest absolute Gasteiger partial charge is 0.321 e. The topological polar surface area (TPSA) is 58.2 Å². The highest BCUT2D eigenvalue weighted by Gasteiger charge is 2.19. The molecular weight excluding hydrogens is 236 g/mol. The Labute approximate surface area is 107 Å². The standard InChI is InChI=1S/C12H22N2O2S/c1-9(11(15)14-12(16)13-2)17-8-10-6-4-3-5-7-10/h9-10H,3-8H2,1-2H3,(H2,13,14,15,16). The molecule has 1 atom stereocenters. The molecule has 0 aromatic rings. The van der Waals surface area contributed by atoms with E-state index in [2.05, 4.69) is 10.6 Å². The zero-order valence-corrected chi connectivity index (χ0v) is 11.4. The van der Waals surface area contributed by atoms with Gasteiger partial charge in [-0.25, -0.2) is 4.79 Å². The first-order valence-electron chi connectivity index (χ1n) is 6.27. The lowest BCUT2D eigenvalue weighted by molar-refractivity contribution is -0.119. The predicted octanol–water partition coefficient (Wildman–Crippen LogP) is 2.14. The molecule has 1 aliphatic rings. The fourth-order valence-electron chi connectivity index (χ4n) is 1.99. The average molecular weight is 258 g/mol. The quantitative estimate of drug-likeness (QED) is 0.812. The number of rotatable bonds is 4. The van der Waals surface area contributed by atoms with Gasteiger partial charge in [-0.05, 0) is 31.4 Å². The van der Waals surface area contributed by atoms with Gasteiger partial charge in [0.1, 0.15) is 0 Å². The van der Waals surface area contributed by atoms with Crippen molar-refractivity contribution in [2.75, 3.05) is 12.8 Å². The van der Waals surface area contributed by atoms with E-state index in [0.29, 0.717) is 0 Å². The van der Waals surface area contributed by atoms with E-state index in [1.807, 2.05) is 6.92 Å². The molecule has 17 heavy (non-hydrogen) atoms. The maximum absolute atomic E-state index is 11.6. The molecule has 1 saturated carbocycles. The number of hydrogen-bond donors (Lipinski definition) is 2. The van der Waals surface area contributed by atoms with Gasteiger partial charge in [-0.15, -0.1) is 11.8 Å². The van der Waals surface area contributed by atoms with Gasteiger partial charge in [0.2, 0.25) is 5.91 Å². The number of nitrogens with one attached hydrogen (secondary N) is 2. The van der Waals surface area contributed by atoms with Crippen LogP contribution in [0, 0.1) is 5.92 Å². The second-order valence-electron chi connectivity index (χ2n) is 4.55. The van der Waals surface area contributed by atoms with Gasteiger partial charge >= 0.3 is 6.03 Å². The normalized spacial score (nSPS) is 18.5. The maximum atomic E-state index is 11.6. The van der Waals surface area contributed by atoms with Crippen molar-refractivity contribution in [3.8, 4) is 0 Å². The first-order chi connectivity index (χ1) is 8.13. The van der Waals surface area contributed by atoms with Crippen molar-refractivity contribution in [1.82, 2.24) is 10.6 Å². The number of amides is 3. The lowest BCUT2D eigenvalue weighted by atomic mass is 9.91. The lowest BCUT2D eigenvalue weighted by Gasteiger charge is -2.22. The third-order valence-electron chi connectivity index (χ3n) is 3.14. The second-order valence-corrected chi connectivity index (χ2v) is 5.92. The van der Waals surface area contributed by atoms with E-state index in [4.69, 9.17) is 0 Å². The van der Waals surface area contributed by atoms with Gasteiger partial charge in [0.05, 0.1) is 5.25 Å². The molecule has 1 rings (SSSR count). The molecule has 0 aliphatic heterocycles. The summed E-state index contributed by atoms with van der Waals surface area (Å²) in [5.41, 5.74) is 0. The highest BCUT2D eigenvalue weighted by atomic mass is 32.2. The molecule has 2 N–H and O–H groups in total. The minimum Gasteiger partial charge on any atom is -0.341 e. The molecule has 98 valence electrons. The number of carbonyl (C=O) groups is 2. The molecular formula is C12H22N2O2S. The summed E-state index contributed by atoms with van der Waals surface area (Å²) >= 11 is 1.65. The summed E-state index contributed by atoms with van der Waals surface area (Å²) in [6.07, 6.45) is 6.58. The molecule has 0 heterocycles. The van der Waals surface area contributed by atoms with Crippen LogP contribution in [-0.4, -0.2) is 30.0 Å². The van der Waals surface area contributed by atoms with E-state index in [9.17, 15) is 9.59 Å². The minimum atomic E-state index is -0.430. The van der Waals surface area contributed by atoms with Crippen molar-refractivity contribution in [1.29, 1.82) is 0 Å². The Morgan fingerprint density at radius 2 is 1.94 bits per heavy atom. The first-order valence-corrected chi connectivity index (χ1v) is 7.32. The summed E-state index contributed by atoms with van der Waals surface area (Å²) in [5.74, 6) is 1.58. The Kier molecular flexibility index (Phi) is 6.40. The fraction of sp³-hybridized carbons (Fsp3) is 0.833. The zero-order chi connectivity index (χ0) is 12.7. The van der Waals surface area contributed by atoms with Crippen LogP contribution in [0.4, 0.5) is 4.79 Å². The van der Waals surface area contributed by atoms with Crippen LogP contribution in [0.15, 0.2) is 0 Å². The highest BCUT2D eigenvalue weighted by molar-refractivity contribution is 8.00. The van der Waals surface area contributed by atoms with Crippen LogP contribution in [-0.2, 0) is 4.79 Å². The molecule has 3 amide bonds. The van der Waals surface area contributed by atoms with E-state index >= 15 is 0 Å². The molecule has 5 heteroatoms. The Morgan fingerprint density at radius 1 is 1.29 bits per heavy atom. The average Bonchev–Trinajstić information content (AvgIpc) is 2.36. The van der Waals surface area contributed by atoms with Crippen molar-refractivity contribution < 1.29 is 9.59 Å². The highest BCUT2D eigenvalue weighted by Crippen LogP contribution is 2.28. The van der Waals surface area contributed by atoms with Crippen LogP contribution in [0.3, 0.4) is 0 Å². The molecule has 1 fully saturated rings. The van der Waals surface area contributed by atoms with Gasteiger partial charge < -0.3 is 5.32 Å². The Bertz CT molecular complexity index is 265. The van der Waals surface area contributed by atoms with Gasteiger partial charge in [0.15, 0.2) is 0 Å². The van der Waals surface area contributed by atoms with Crippen molar-refractivity contribution in [3.05, 3.63) is 0 Å². The molecule has 1 aliphatic carbocycles. The van der Waals surface area contributed by atoms with E-state index in [1.54, 1.807) is 11.8 Å². The first kappa shape index (κ1) is 14.4. The second kappa shape index (κ2) is 7.58. The van der Waals surface area contributed by atoms with Gasteiger partial charge in [-0.2, -0.15) is 0 Å². The van der Waals surface area contributed by atoms with Crippen molar-refractivity contribution in [3.63, 3.8) is 0 Å². The van der Waals surface area contributed by atoms with Crippen LogP contribution in [0.2, 0.25) is 0 Å². The van der Waals surface area contributed by atoms with E-state index in [-0.39, 0.29) is 11.2 Å². The summed E-state index contributed by atoms with van der Waals surface area (Å²) in [5, 5.41) is 4.53. The fourth-order valence-corrected chi connectivity index (χ4v) is 3.09. The minimum absolute atomic E-state index is 0.158. The largest absolute Gasteiger partial charge is 0.341 e. The molecule has 1 unspecified atom stereocenters. The van der Waals surface area contributed by atoms with Crippen LogP contribution in [0.1, 0.15) is 39.0 Å². The Hall–Kier alpha value is -0.710. The van der Waals surface area contributed by atoms with Gasteiger partial charge in [-0.3, -0.25) is 10.1 Å². The molecule has 4 nitrogen and oxygen atoms in total. The lowest BCUT2D eigenvalue weighted by Crippen LogP contribution is -2.41. The third kappa shape index (κ3) is 5.44. The van der Waals surface area contributed by atoms with Gasteiger partial charge in [0.25, 0.3) is 0 Å². The summed E-state index contributed by atoms with van der Waals surface area (Å²) in [6.45, 7) is 1.85. The SMILES string of the molecule is CNC(=O)NC(=O)C(C)SCC1CCCCC1. The van der Waals surface area contributed by atoms with Crippen LogP contribution >= 0.6 is 11.8 Å². The number of carbonyl (C=O) groups excluding carboxylic acids is 2. The molecule has 0 radical (unpaired) electrons. The van der Waals surface area contributed by atoms with Crippen LogP contribution in [0.25, 0.3) is 0 Å².